The quantitative estimate of drug-likeness (QED) is 0.348. The Morgan fingerprint density at radius 2 is 0.864 bits per heavy atom. The van der Waals surface area contributed by atoms with Crippen LogP contribution in [-0.2, 0) is 0 Å². The lowest BCUT2D eigenvalue weighted by molar-refractivity contribution is 0.374. The summed E-state index contributed by atoms with van der Waals surface area (Å²) < 4.78 is 0. The molecule has 0 aromatic carbocycles. The van der Waals surface area contributed by atoms with Crippen molar-refractivity contribution in [3.05, 3.63) is 24.3 Å². The molecule has 0 heterocycles. The fourth-order valence-corrected chi connectivity index (χ4v) is 3.78. The van der Waals surface area contributed by atoms with Crippen molar-refractivity contribution in [1.82, 2.24) is 0 Å². The van der Waals surface area contributed by atoms with Crippen molar-refractivity contribution in [2.24, 2.45) is 33.9 Å². The Morgan fingerprint density at radius 3 is 1.18 bits per heavy atom. The lowest BCUT2D eigenvalue weighted by atomic mass is 9.82. The first kappa shape index (κ1) is 17.2. The zero-order chi connectivity index (χ0) is 15.6. The second-order valence-corrected chi connectivity index (χ2v) is 6.93. The molecule has 2 saturated carbocycles. The Morgan fingerprint density at radius 1 is 0.545 bits per heavy atom. The summed E-state index contributed by atoms with van der Waals surface area (Å²) in [5, 5.41) is 8.66. The average Bonchev–Trinajstić information content (AvgIpc) is 2.55. The van der Waals surface area contributed by atoms with Gasteiger partial charge in [-0.15, -0.1) is 0 Å². The van der Waals surface area contributed by atoms with E-state index in [4.69, 9.17) is 0 Å². The molecule has 2 fully saturated rings. The van der Waals surface area contributed by atoms with E-state index < -0.39 is 0 Å². The molecule has 2 aliphatic rings. The van der Waals surface area contributed by atoms with Crippen molar-refractivity contribution < 1.29 is 0 Å². The molecular formula is C20H32N2. The Bertz CT molecular complexity index is 363. The summed E-state index contributed by atoms with van der Waals surface area (Å²) in [6.07, 6.45) is 23.6. The molecule has 0 unspecified atom stereocenters. The molecule has 2 aliphatic carbocycles. The van der Waals surface area contributed by atoms with Crippen molar-refractivity contribution >= 4 is 12.4 Å². The first-order valence-corrected chi connectivity index (χ1v) is 9.14. The van der Waals surface area contributed by atoms with Crippen molar-refractivity contribution in [3.8, 4) is 0 Å². The first-order chi connectivity index (χ1) is 10.8. The Kier molecular flexibility index (Phi) is 7.62. The minimum absolute atomic E-state index is 0.643. The minimum atomic E-state index is 0.643. The van der Waals surface area contributed by atoms with Crippen molar-refractivity contribution in [2.45, 2.75) is 65.2 Å². The second-order valence-electron chi connectivity index (χ2n) is 6.93. The molecule has 0 atom stereocenters. The predicted octanol–water partition coefficient (Wildman–Crippen LogP) is 5.81. The van der Waals surface area contributed by atoms with Crippen molar-refractivity contribution in [1.29, 1.82) is 0 Å². The maximum absolute atomic E-state index is 4.33. The van der Waals surface area contributed by atoms with Crippen LogP contribution in [0.25, 0.3) is 0 Å². The monoisotopic (exact) mass is 300 g/mol. The molecule has 0 spiro atoms. The molecule has 2 nitrogen and oxygen atoms in total. The molecule has 0 saturated heterocycles. The van der Waals surface area contributed by atoms with Gasteiger partial charge in [0.1, 0.15) is 0 Å². The van der Waals surface area contributed by atoms with Crippen LogP contribution in [-0.4, -0.2) is 12.4 Å². The fraction of sp³-hybridized carbons (Fsp3) is 0.700. The minimum Gasteiger partial charge on any atom is -0.164 e. The van der Waals surface area contributed by atoms with Crippen LogP contribution in [0.5, 0.6) is 0 Å². The van der Waals surface area contributed by atoms with E-state index in [1.807, 2.05) is 0 Å². The van der Waals surface area contributed by atoms with Crippen LogP contribution >= 0.6 is 0 Å². The highest BCUT2D eigenvalue weighted by Crippen LogP contribution is 2.29. The van der Waals surface area contributed by atoms with Crippen molar-refractivity contribution in [3.63, 3.8) is 0 Å². The summed E-state index contributed by atoms with van der Waals surface area (Å²) in [6.45, 7) is 4.24. The maximum atomic E-state index is 4.33. The molecule has 0 aliphatic heterocycles. The van der Waals surface area contributed by atoms with E-state index in [0.717, 1.165) is 11.8 Å². The molecular weight excluding hydrogens is 268 g/mol. The number of allylic oxidation sites excluding steroid dienone is 4. The van der Waals surface area contributed by atoms with Crippen LogP contribution in [0.4, 0.5) is 0 Å². The van der Waals surface area contributed by atoms with Gasteiger partial charge >= 0.3 is 0 Å². The number of rotatable bonds is 5. The highest BCUT2D eigenvalue weighted by Gasteiger charge is 2.18. The average molecular weight is 300 g/mol. The summed E-state index contributed by atoms with van der Waals surface area (Å²) in [6, 6.07) is 0. The summed E-state index contributed by atoms with van der Waals surface area (Å²) in [7, 11) is 0. The summed E-state index contributed by atoms with van der Waals surface area (Å²) in [5.74, 6) is 2.88. The van der Waals surface area contributed by atoms with E-state index >= 15 is 0 Å². The first-order valence-electron chi connectivity index (χ1n) is 9.14. The van der Waals surface area contributed by atoms with Crippen LogP contribution in [0, 0.1) is 23.7 Å². The van der Waals surface area contributed by atoms with Gasteiger partial charge in [0.2, 0.25) is 0 Å². The normalized spacial score (nSPS) is 34.5. The fourth-order valence-electron chi connectivity index (χ4n) is 3.78. The van der Waals surface area contributed by atoms with E-state index in [2.05, 4.69) is 60.8 Å². The van der Waals surface area contributed by atoms with Crippen LogP contribution in [0.1, 0.15) is 65.2 Å². The summed E-state index contributed by atoms with van der Waals surface area (Å²) in [5.41, 5.74) is 0. The van der Waals surface area contributed by atoms with Gasteiger partial charge in [0.05, 0.1) is 0 Å². The van der Waals surface area contributed by atoms with Gasteiger partial charge in [-0.3, -0.25) is 0 Å². The van der Waals surface area contributed by atoms with Gasteiger partial charge in [-0.05, 0) is 88.9 Å². The highest BCUT2D eigenvalue weighted by molar-refractivity contribution is 5.64. The van der Waals surface area contributed by atoms with Crippen LogP contribution < -0.4 is 0 Å². The molecule has 2 heteroatoms. The zero-order valence-electron chi connectivity index (χ0n) is 14.3. The zero-order valence-corrected chi connectivity index (χ0v) is 14.3. The Balaban J connectivity index is 1.65. The molecule has 0 radical (unpaired) electrons. The molecule has 0 aromatic rings. The molecule has 0 aromatic heterocycles. The molecule has 0 bridgehead atoms. The molecule has 0 N–H and O–H groups in total. The summed E-state index contributed by atoms with van der Waals surface area (Å²) >= 11 is 0. The van der Waals surface area contributed by atoms with Gasteiger partial charge in [0.25, 0.3) is 0 Å². The van der Waals surface area contributed by atoms with Crippen molar-refractivity contribution in [2.75, 3.05) is 0 Å². The Hall–Kier alpha value is -1.18. The lowest BCUT2D eigenvalue weighted by Gasteiger charge is -2.24. The van der Waals surface area contributed by atoms with Gasteiger partial charge < -0.3 is 0 Å². The van der Waals surface area contributed by atoms with Gasteiger partial charge in [0, 0.05) is 12.4 Å². The van der Waals surface area contributed by atoms with E-state index in [1.54, 1.807) is 0 Å². The topological polar surface area (TPSA) is 24.7 Å². The number of nitrogens with zero attached hydrogens (tertiary/aromatic N) is 2. The van der Waals surface area contributed by atoms with Gasteiger partial charge in [0.15, 0.2) is 0 Å². The SMILES string of the molecule is C/C=C/C1CCC(C=NN=CC2CCC(/C=C/C)CC2)CC1. The molecule has 122 valence electrons. The highest BCUT2D eigenvalue weighted by atomic mass is 15.2. The molecule has 22 heavy (non-hydrogen) atoms. The molecule has 2 rings (SSSR count). The van der Waals surface area contributed by atoms with Crippen LogP contribution in [0.2, 0.25) is 0 Å². The smallest absolute Gasteiger partial charge is 0.0301 e. The Labute approximate surface area is 136 Å². The summed E-state index contributed by atoms with van der Waals surface area (Å²) in [4.78, 5) is 0. The third-order valence-corrected chi connectivity index (χ3v) is 5.18. The third kappa shape index (κ3) is 5.90. The number of hydrogen-bond acceptors (Lipinski definition) is 2. The standard InChI is InChI=1S/C20H32N2/c1-3-5-17-7-11-19(12-8-17)15-21-22-16-20-13-9-18(6-4-2)10-14-20/h3-6,15-20H,7-14H2,1-2H3/b5-3+,6-4+,21-15?,22-16?. The van der Waals surface area contributed by atoms with Gasteiger partial charge in [-0.1, -0.05) is 24.3 Å². The van der Waals surface area contributed by atoms with E-state index in [-0.39, 0.29) is 0 Å². The largest absolute Gasteiger partial charge is 0.164 e. The van der Waals surface area contributed by atoms with E-state index in [1.165, 1.54) is 51.4 Å². The van der Waals surface area contributed by atoms with Gasteiger partial charge in [-0.25, -0.2) is 0 Å². The third-order valence-electron chi connectivity index (χ3n) is 5.18. The van der Waals surface area contributed by atoms with E-state index in [0.29, 0.717) is 11.8 Å². The van der Waals surface area contributed by atoms with Crippen LogP contribution in [0.3, 0.4) is 0 Å². The number of hydrogen-bond donors (Lipinski definition) is 0. The second kappa shape index (κ2) is 9.76. The molecule has 0 amide bonds. The van der Waals surface area contributed by atoms with Gasteiger partial charge in [-0.2, -0.15) is 10.2 Å². The van der Waals surface area contributed by atoms with Crippen LogP contribution in [0.15, 0.2) is 34.5 Å². The predicted molar refractivity (Wildman–Crippen MR) is 97.5 cm³/mol. The lowest BCUT2D eigenvalue weighted by Crippen LogP contribution is -2.14. The van der Waals surface area contributed by atoms with E-state index in [9.17, 15) is 0 Å². The maximum Gasteiger partial charge on any atom is 0.0301 e.